The van der Waals surface area contributed by atoms with E-state index in [4.69, 9.17) is 4.74 Å². The summed E-state index contributed by atoms with van der Waals surface area (Å²) < 4.78 is 49.0. The smallest absolute Gasteiger partial charge is 0.416 e. The van der Waals surface area contributed by atoms with E-state index in [1.54, 1.807) is 22.8 Å². The molecule has 5 nitrogen and oxygen atoms in total. The first-order valence-electron chi connectivity index (χ1n) is 9.42. The van der Waals surface area contributed by atoms with Crippen LogP contribution in [0.25, 0.3) is 11.0 Å². The van der Waals surface area contributed by atoms with Crippen LogP contribution in [-0.2, 0) is 12.7 Å². The van der Waals surface area contributed by atoms with Crippen molar-refractivity contribution in [2.24, 2.45) is 0 Å². The largest absolute Gasteiger partial charge is 0.494 e. The summed E-state index contributed by atoms with van der Waals surface area (Å²) >= 11 is 0. The topological polar surface area (TPSA) is 39.4 Å². The molecule has 3 aromatic rings. The van der Waals surface area contributed by atoms with Gasteiger partial charge in [-0.3, -0.25) is 9.13 Å². The molecule has 0 radical (unpaired) electrons. The third-order valence-corrected chi connectivity index (χ3v) is 5.55. The Bertz CT molecular complexity index is 1100. The third-order valence-electron chi connectivity index (χ3n) is 5.55. The van der Waals surface area contributed by atoms with Crippen molar-refractivity contribution >= 4 is 11.0 Å². The van der Waals surface area contributed by atoms with E-state index in [1.807, 2.05) is 13.1 Å². The van der Waals surface area contributed by atoms with Gasteiger partial charge in [0.05, 0.1) is 30.8 Å². The Labute approximate surface area is 165 Å². The van der Waals surface area contributed by atoms with Gasteiger partial charge in [0.15, 0.2) is 0 Å². The number of likely N-dealkylation sites (tertiary alicyclic amines) is 1. The number of fused-ring (bicyclic) bond motifs is 1. The maximum Gasteiger partial charge on any atom is 0.416 e. The minimum atomic E-state index is -4.49. The molecular weight excluding hydrogens is 383 g/mol. The second-order valence-electron chi connectivity index (χ2n) is 7.43. The first-order valence-corrected chi connectivity index (χ1v) is 9.42. The van der Waals surface area contributed by atoms with E-state index in [0.29, 0.717) is 16.8 Å². The molecule has 0 saturated carbocycles. The van der Waals surface area contributed by atoms with Crippen LogP contribution in [0.2, 0.25) is 0 Å². The summed E-state index contributed by atoms with van der Waals surface area (Å²) in [6.07, 6.45) is -3.68. The number of hydrogen-bond donors (Lipinski definition) is 0. The molecule has 1 aliphatic rings. The van der Waals surface area contributed by atoms with Crippen molar-refractivity contribution in [1.29, 1.82) is 0 Å². The Balaban J connectivity index is 1.92. The number of nitrogens with zero attached hydrogens (tertiary/aromatic N) is 3. The van der Waals surface area contributed by atoms with Gasteiger partial charge in [-0.1, -0.05) is 24.3 Å². The van der Waals surface area contributed by atoms with E-state index in [1.165, 1.54) is 23.8 Å². The monoisotopic (exact) mass is 405 g/mol. The number of aromatic nitrogens is 2. The first-order chi connectivity index (χ1) is 13.8. The fourth-order valence-electron chi connectivity index (χ4n) is 4.20. The van der Waals surface area contributed by atoms with Crippen LogP contribution in [-0.4, -0.2) is 41.3 Å². The minimum Gasteiger partial charge on any atom is -0.494 e. The first kappa shape index (κ1) is 19.6. The highest BCUT2D eigenvalue weighted by molar-refractivity contribution is 5.83. The van der Waals surface area contributed by atoms with Crippen molar-refractivity contribution in [3.63, 3.8) is 0 Å². The molecule has 0 N–H and O–H groups in total. The van der Waals surface area contributed by atoms with Crippen LogP contribution in [0, 0.1) is 0 Å². The van der Waals surface area contributed by atoms with Gasteiger partial charge < -0.3 is 9.64 Å². The summed E-state index contributed by atoms with van der Waals surface area (Å²) in [5.74, 6) is 0.467. The predicted octanol–water partition coefficient (Wildman–Crippen LogP) is 3.76. The zero-order chi connectivity index (χ0) is 20.8. The lowest BCUT2D eigenvalue weighted by atomic mass is 10.1. The number of methoxy groups -OCH3 is 1. The Morgan fingerprint density at radius 1 is 1.14 bits per heavy atom. The molecule has 29 heavy (non-hydrogen) atoms. The van der Waals surface area contributed by atoms with Crippen molar-refractivity contribution in [3.05, 3.63) is 64.1 Å². The van der Waals surface area contributed by atoms with Crippen LogP contribution in [0.5, 0.6) is 5.75 Å². The van der Waals surface area contributed by atoms with E-state index in [-0.39, 0.29) is 23.8 Å². The van der Waals surface area contributed by atoms with Gasteiger partial charge in [0, 0.05) is 6.54 Å². The lowest BCUT2D eigenvalue weighted by Gasteiger charge is -2.14. The Morgan fingerprint density at radius 3 is 2.55 bits per heavy atom. The average Bonchev–Trinajstić information content (AvgIpc) is 3.22. The second-order valence-corrected chi connectivity index (χ2v) is 7.43. The zero-order valence-corrected chi connectivity index (χ0v) is 16.2. The number of para-hydroxylation sites is 1. The van der Waals surface area contributed by atoms with Crippen LogP contribution in [0.15, 0.2) is 47.3 Å². The Kier molecular flexibility index (Phi) is 4.90. The molecule has 1 aromatic heterocycles. The molecule has 0 bridgehead atoms. The number of alkyl halides is 3. The predicted molar refractivity (Wildman–Crippen MR) is 104 cm³/mol. The molecule has 8 heteroatoms. The molecule has 1 aliphatic heterocycles. The molecule has 4 rings (SSSR count). The van der Waals surface area contributed by atoms with Crippen LogP contribution in [0.4, 0.5) is 13.2 Å². The van der Waals surface area contributed by atoms with Crippen LogP contribution in [0.1, 0.15) is 23.6 Å². The number of benzene rings is 2. The molecule has 2 heterocycles. The van der Waals surface area contributed by atoms with E-state index in [2.05, 4.69) is 4.90 Å². The van der Waals surface area contributed by atoms with Crippen molar-refractivity contribution in [1.82, 2.24) is 14.0 Å². The van der Waals surface area contributed by atoms with Crippen molar-refractivity contribution in [2.45, 2.75) is 25.2 Å². The highest BCUT2D eigenvalue weighted by atomic mass is 19.4. The Morgan fingerprint density at radius 2 is 1.90 bits per heavy atom. The summed E-state index contributed by atoms with van der Waals surface area (Å²) in [4.78, 5) is 15.5. The molecule has 0 spiro atoms. The van der Waals surface area contributed by atoms with Gasteiger partial charge in [-0.2, -0.15) is 13.2 Å². The van der Waals surface area contributed by atoms with Gasteiger partial charge in [-0.05, 0) is 43.8 Å². The van der Waals surface area contributed by atoms with Crippen molar-refractivity contribution in [3.8, 4) is 5.75 Å². The standard InChI is InChI=1S/C21H22F3N3O2/c1-25-11-10-15(13-25)27-17-8-5-9-18(29-2)19(17)26(20(27)28)12-14-6-3-4-7-16(14)21(22,23)24/h3-9,15H,10-13H2,1-2H3. The average molecular weight is 405 g/mol. The number of rotatable bonds is 4. The maximum atomic E-state index is 13.5. The molecule has 1 unspecified atom stereocenters. The summed E-state index contributed by atoms with van der Waals surface area (Å²) in [5, 5.41) is 0. The van der Waals surface area contributed by atoms with Gasteiger partial charge in [0.25, 0.3) is 0 Å². The van der Waals surface area contributed by atoms with Crippen molar-refractivity contribution in [2.75, 3.05) is 27.2 Å². The van der Waals surface area contributed by atoms with E-state index < -0.39 is 11.7 Å². The van der Waals surface area contributed by atoms with Gasteiger partial charge in [0.2, 0.25) is 0 Å². The van der Waals surface area contributed by atoms with Gasteiger partial charge >= 0.3 is 11.9 Å². The fraction of sp³-hybridized carbons (Fsp3) is 0.381. The van der Waals surface area contributed by atoms with Crippen LogP contribution < -0.4 is 10.4 Å². The minimum absolute atomic E-state index is 0.0267. The fourth-order valence-corrected chi connectivity index (χ4v) is 4.20. The number of ether oxygens (including phenoxy) is 1. The third kappa shape index (κ3) is 3.42. The summed E-state index contributed by atoms with van der Waals surface area (Å²) in [6.45, 7) is 1.40. The Hall–Kier alpha value is -2.74. The summed E-state index contributed by atoms with van der Waals surface area (Å²) in [7, 11) is 3.48. The summed E-state index contributed by atoms with van der Waals surface area (Å²) in [6, 6.07) is 10.7. The molecule has 1 saturated heterocycles. The number of hydrogen-bond acceptors (Lipinski definition) is 3. The van der Waals surface area contributed by atoms with E-state index >= 15 is 0 Å². The highest BCUT2D eigenvalue weighted by Gasteiger charge is 2.34. The van der Waals surface area contributed by atoms with E-state index in [0.717, 1.165) is 25.6 Å². The lowest BCUT2D eigenvalue weighted by molar-refractivity contribution is -0.138. The quantitative estimate of drug-likeness (QED) is 0.664. The molecular formula is C21H22F3N3O2. The number of imidazole rings is 1. The molecule has 0 amide bonds. The van der Waals surface area contributed by atoms with Crippen LogP contribution >= 0.6 is 0 Å². The van der Waals surface area contributed by atoms with E-state index in [9.17, 15) is 18.0 Å². The lowest BCUT2D eigenvalue weighted by Crippen LogP contribution is -2.29. The van der Waals surface area contributed by atoms with Gasteiger partial charge in [0.1, 0.15) is 11.3 Å². The molecule has 154 valence electrons. The molecule has 1 atom stereocenters. The molecule has 1 fully saturated rings. The maximum absolute atomic E-state index is 13.5. The summed E-state index contributed by atoms with van der Waals surface area (Å²) in [5.41, 5.74) is 0.200. The van der Waals surface area contributed by atoms with Gasteiger partial charge in [-0.15, -0.1) is 0 Å². The molecule has 2 aromatic carbocycles. The number of likely N-dealkylation sites (N-methyl/N-ethyl adjacent to an activating group) is 1. The zero-order valence-electron chi connectivity index (χ0n) is 16.2. The highest BCUT2D eigenvalue weighted by Crippen LogP contribution is 2.34. The number of halogens is 3. The molecule has 0 aliphatic carbocycles. The normalized spacial score (nSPS) is 17.9. The second kappa shape index (κ2) is 7.26. The van der Waals surface area contributed by atoms with Gasteiger partial charge in [-0.25, -0.2) is 4.79 Å². The van der Waals surface area contributed by atoms with Crippen LogP contribution in [0.3, 0.4) is 0 Å². The SMILES string of the molecule is COc1cccc2c1n(Cc1ccccc1C(F)(F)F)c(=O)n2C1CCN(C)C1. The van der Waals surface area contributed by atoms with Crippen molar-refractivity contribution < 1.29 is 17.9 Å².